The fourth-order valence-electron chi connectivity index (χ4n) is 13.8. The molecule has 0 aliphatic heterocycles. The first-order valence-corrected chi connectivity index (χ1v) is 31.9. The van der Waals surface area contributed by atoms with E-state index < -0.39 is 0 Å². The van der Waals surface area contributed by atoms with Gasteiger partial charge in [0.2, 0.25) is 0 Å². The van der Waals surface area contributed by atoms with Crippen LogP contribution in [0.1, 0.15) is 123 Å². The summed E-state index contributed by atoms with van der Waals surface area (Å²) >= 11 is 0. The van der Waals surface area contributed by atoms with Gasteiger partial charge in [0.05, 0.1) is 17.1 Å². The molecule has 0 radical (unpaired) electrons. The van der Waals surface area contributed by atoms with Crippen molar-refractivity contribution < 1.29 is 0 Å². The van der Waals surface area contributed by atoms with Crippen LogP contribution in [0.4, 0.5) is 0 Å². The molecule has 3 heteroatoms. The lowest BCUT2D eigenvalue weighted by atomic mass is 9.65. The van der Waals surface area contributed by atoms with Gasteiger partial charge in [-0.2, -0.15) is 0 Å². The largest absolute Gasteiger partial charge is 0.256 e. The van der Waals surface area contributed by atoms with E-state index in [2.05, 4.69) is 305 Å². The maximum atomic E-state index is 5.04. The predicted molar refractivity (Wildman–Crippen MR) is 375 cm³/mol. The summed E-state index contributed by atoms with van der Waals surface area (Å²) in [5.41, 5.74) is 31.5. The summed E-state index contributed by atoms with van der Waals surface area (Å²) in [4.78, 5) is 15.1. The molecule has 9 aromatic carbocycles. The molecule has 3 aromatic heterocycles. The van der Waals surface area contributed by atoms with E-state index >= 15 is 0 Å². The molecule has 2 unspecified atom stereocenters. The first-order chi connectivity index (χ1) is 43.1. The van der Waals surface area contributed by atoms with E-state index in [1.54, 1.807) is 0 Å². The molecule has 1 saturated carbocycles. The molecule has 3 heterocycles. The van der Waals surface area contributed by atoms with Crippen LogP contribution in [0.2, 0.25) is 0 Å². The zero-order valence-electron chi connectivity index (χ0n) is 53.0. The van der Waals surface area contributed by atoms with Gasteiger partial charge in [0.25, 0.3) is 0 Å². The molecular formula is C86H79N3. The summed E-state index contributed by atoms with van der Waals surface area (Å²) in [5, 5.41) is 0. The Bertz CT molecular complexity index is 4270. The molecule has 0 saturated heterocycles. The summed E-state index contributed by atoms with van der Waals surface area (Å²) in [7, 11) is 0. The van der Waals surface area contributed by atoms with E-state index in [4.69, 9.17) is 15.0 Å². The van der Waals surface area contributed by atoms with Crippen molar-refractivity contribution in [2.24, 2.45) is 0 Å². The second kappa shape index (κ2) is 24.5. The highest BCUT2D eigenvalue weighted by molar-refractivity contribution is 5.79. The number of aromatic nitrogens is 3. The molecule has 89 heavy (non-hydrogen) atoms. The van der Waals surface area contributed by atoms with E-state index in [0.717, 1.165) is 69.7 Å². The van der Waals surface area contributed by atoms with Crippen LogP contribution in [-0.2, 0) is 10.8 Å². The van der Waals surface area contributed by atoms with Gasteiger partial charge in [-0.15, -0.1) is 0 Å². The minimum absolute atomic E-state index is 0.0401. The average Bonchev–Trinajstić information content (AvgIpc) is 1.31. The maximum Gasteiger partial charge on any atom is 0.0705 e. The molecule has 1 fully saturated rings. The number of rotatable bonds is 12. The highest BCUT2D eigenvalue weighted by Gasteiger charge is 2.36. The zero-order valence-corrected chi connectivity index (χ0v) is 53.0. The topological polar surface area (TPSA) is 38.7 Å². The molecule has 3 nitrogen and oxygen atoms in total. The number of benzene rings is 9. The zero-order chi connectivity index (χ0) is 61.4. The Kier molecular flexibility index (Phi) is 16.1. The first kappa shape index (κ1) is 58.4. The van der Waals surface area contributed by atoms with Gasteiger partial charge >= 0.3 is 0 Å². The van der Waals surface area contributed by atoms with Crippen LogP contribution in [0.3, 0.4) is 0 Å². The lowest BCUT2D eigenvalue weighted by molar-refractivity contribution is 0.352. The molecule has 0 bridgehead atoms. The highest BCUT2D eigenvalue weighted by Crippen LogP contribution is 2.53. The summed E-state index contributed by atoms with van der Waals surface area (Å²) in [6.45, 7) is 20.6. The Morgan fingerprint density at radius 2 is 0.528 bits per heavy atom. The normalized spacial score (nSPS) is 15.2. The Balaban J connectivity index is 0.898. The molecule has 0 spiro atoms. The van der Waals surface area contributed by atoms with Crippen molar-refractivity contribution in [1.29, 1.82) is 0 Å². The molecular weight excluding hydrogens is 1070 g/mol. The Morgan fingerprint density at radius 1 is 0.258 bits per heavy atom. The molecule has 0 N–H and O–H groups in total. The van der Waals surface area contributed by atoms with Gasteiger partial charge in [-0.3, -0.25) is 15.0 Å². The Morgan fingerprint density at radius 3 is 0.843 bits per heavy atom. The molecule has 1 aliphatic carbocycles. The third-order valence-corrected chi connectivity index (χ3v) is 18.9. The number of hydrogen-bond donors (Lipinski definition) is 0. The van der Waals surface area contributed by atoms with E-state index in [9.17, 15) is 0 Å². The van der Waals surface area contributed by atoms with Crippen LogP contribution in [0, 0.1) is 20.8 Å². The highest BCUT2D eigenvalue weighted by atomic mass is 14.7. The van der Waals surface area contributed by atoms with Crippen LogP contribution in [0.15, 0.2) is 261 Å². The van der Waals surface area contributed by atoms with Crippen LogP contribution in [0.5, 0.6) is 0 Å². The number of pyridine rings is 3. The fourth-order valence-corrected chi connectivity index (χ4v) is 13.8. The van der Waals surface area contributed by atoms with Gasteiger partial charge in [-0.25, -0.2) is 0 Å². The Hall–Kier alpha value is -9.57. The minimum atomic E-state index is -0.0401. The van der Waals surface area contributed by atoms with Gasteiger partial charge < -0.3 is 0 Å². The van der Waals surface area contributed by atoms with E-state index in [1.807, 2.05) is 18.6 Å². The van der Waals surface area contributed by atoms with E-state index in [-0.39, 0.29) is 28.6 Å². The quantitative estimate of drug-likeness (QED) is 0.122. The van der Waals surface area contributed by atoms with Crippen molar-refractivity contribution in [3.05, 3.63) is 306 Å². The monoisotopic (exact) mass is 1150 g/mol. The first-order valence-electron chi connectivity index (χ1n) is 31.9. The number of aryl methyl sites for hydroxylation is 3. The van der Waals surface area contributed by atoms with Crippen molar-refractivity contribution in [2.45, 2.75) is 110 Å². The SMILES string of the molecule is Cc1cc(-c2ccc(-c3ccccc3C3CC(c4ccc(C(C)(C)C)cc4-c4ccc(-c5cc(C)c(-c6ccccc6)cn5)cc4)CC(c4ccc(C(C)(C)C)cc4-c4ccc(-c5cc(C)c(-c6ccccc6)cn5)cc4)C3)cc2)ncc1-c1ccccc1. The van der Waals surface area contributed by atoms with Crippen molar-refractivity contribution in [2.75, 3.05) is 0 Å². The second-order valence-corrected chi connectivity index (χ2v) is 27.0. The fraction of sp³-hybridized carbons (Fsp3) is 0.198. The standard InChI is InChI=1S/C86H79N3/c1-56-45-82(87-53-79(56)59-21-13-10-14-22-59)65-35-29-62(30-36-65)73-27-19-20-28-74(73)68-48-69(75-43-41-71(85(4,5)6)51-77(75)63-31-37-66(38-32-63)83-46-57(2)80(54-88-83)60-23-15-11-16-24-60)50-70(49-68)76-44-42-72(86(7,8)9)52-78(76)64-33-39-67(40-34-64)84-47-58(3)81(55-89-84)61-25-17-12-18-26-61/h10-47,51-55,68-70H,48-50H2,1-9H3. The lowest BCUT2D eigenvalue weighted by Gasteiger charge is -2.39. The van der Waals surface area contributed by atoms with Gasteiger partial charge in [-0.1, -0.05) is 266 Å². The van der Waals surface area contributed by atoms with Crippen molar-refractivity contribution in [3.63, 3.8) is 0 Å². The summed E-state index contributed by atoms with van der Waals surface area (Å²) in [5.74, 6) is 0.777. The molecule has 12 aromatic rings. The predicted octanol–water partition coefficient (Wildman–Crippen LogP) is 23.2. The van der Waals surface area contributed by atoms with Crippen molar-refractivity contribution in [3.8, 4) is 101 Å². The summed E-state index contributed by atoms with van der Waals surface area (Å²) in [6.07, 6.45) is 9.18. The van der Waals surface area contributed by atoms with E-state index in [1.165, 1.54) is 94.6 Å². The average molecular weight is 1150 g/mol. The molecule has 13 rings (SSSR count). The number of hydrogen-bond acceptors (Lipinski definition) is 3. The smallest absolute Gasteiger partial charge is 0.0705 e. The van der Waals surface area contributed by atoms with Crippen LogP contribution in [0.25, 0.3) is 101 Å². The van der Waals surface area contributed by atoms with Gasteiger partial charge in [0.15, 0.2) is 0 Å². The maximum absolute atomic E-state index is 5.04. The van der Waals surface area contributed by atoms with Crippen LogP contribution in [-0.4, -0.2) is 15.0 Å². The van der Waals surface area contributed by atoms with Crippen LogP contribution >= 0.6 is 0 Å². The van der Waals surface area contributed by atoms with Crippen molar-refractivity contribution >= 4 is 0 Å². The molecule has 1 aliphatic rings. The second-order valence-electron chi connectivity index (χ2n) is 27.0. The molecule has 2 atom stereocenters. The van der Waals surface area contributed by atoms with Gasteiger partial charge in [-0.05, 0) is 181 Å². The van der Waals surface area contributed by atoms with Gasteiger partial charge in [0, 0.05) is 52.0 Å². The van der Waals surface area contributed by atoms with Crippen molar-refractivity contribution in [1.82, 2.24) is 15.0 Å². The summed E-state index contributed by atoms with van der Waals surface area (Å²) in [6, 6.07) is 90.2. The van der Waals surface area contributed by atoms with Crippen LogP contribution < -0.4 is 0 Å². The molecule has 0 amide bonds. The van der Waals surface area contributed by atoms with Gasteiger partial charge in [0.1, 0.15) is 0 Å². The third-order valence-electron chi connectivity index (χ3n) is 18.9. The lowest BCUT2D eigenvalue weighted by Crippen LogP contribution is -2.22. The van der Waals surface area contributed by atoms with E-state index in [0.29, 0.717) is 0 Å². The number of nitrogens with zero attached hydrogens (tertiary/aromatic N) is 3. The summed E-state index contributed by atoms with van der Waals surface area (Å²) < 4.78 is 0. The minimum Gasteiger partial charge on any atom is -0.256 e. The molecule has 438 valence electrons. The third kappa shape index (κ3) is 12.4. The Labute approximate surface area is 528 Å².